The fourth-order valence-corrected chi connectivity index (χ4v) is 2.98. The van der Waals surface area contributed by atoms with Crippen molar-refractivity contribution in [1.82, 2.24) is 20.3 Å². The van der Waals surface area contributed by atoms with Gasteiger partial charge in [-0.05, 0) is 11.6 Å². The van der Waals surface area contributed by atoms with Crippen molar-refractivity contribution in [3.05, 3.63) is 53.0 Å². The Morgan fingerprint density at radius 3 is 2.57 bits per heavy atom. The van der Waals surface area contributed by atoms with Crippen molar-refractivity contribution in [3.63, 3.8) is 0 Å². The zero-order valence-electron chi connectivity index (χ0n) is 16.4. The Balaban J connectivity index is 2.04. The first-order chi connectivity index (χ1) is 14.5. The highest BCUT2D eigenvalue weighted by Crippen LogP contribution is 2.31. The number of nitrogens with one attached hydrogen (secondary N) is 3. The Kier molecular flexibility index (Phi) is 6.58. The summed E-state index contributed by atoms with van der Waals surface area (Å²) in [6, 6.07) is 1.77. The Hall–Kier alpha value is -3.53. The number of H-pyrrole nitrogens is 1. The van der Waals surface area contributed by atoms with Crippen molar-refractivity contribution in [3.8, 4) is 11.8 Å². The van der Waals surface area contributed by atoms with Gasteiger partial charge in [0.1, 0.15) is 5.65 Å². The number of nitrogens with zero attached hydrogens (tertiary/aromatic N) is 2. The van der Waals surface area contributed by atoms with E-state index in [1.807, 2.05) is 0 Å². The van der Waals surface area contributed by atoms with Gasteiger partial charge in [-0.2, -0.15) is 4.98 Å². The fraction of sp³-hybridized carbons (Fsp3) is 0.250. The van der Waals surface area contributed by atoms with Crippen molar-refractivity contribution in [2.45, 2.75) is 6.42 Å². The van der Waals surface area contributed by atoms with Crippen LogP contribution in [0.25, 0.3) is 16.6 Å². The quantitative estimate of drug-likeness (QED) is 0.314. The number of allylic oxidation sites excluding steroid dienone is 1. The third-order valence-electron chi connectivity index (χ3n) is 4.48. The van der Waals surface area contributed by atoms with Gasteiger partial charge in [0.2, 0.25) is 0 Å². The highest BCUT2D eigenvalue weighted by atomic mass is 19.1. The average Bonchev–Trinajstić information content (AvgIpc) is 3.16. The molecule has 0 aliphatic carbocycles. The number of fused-ring (bicyclic) bond motifs is 1. The predicted molar refractivity (Wildman–Crippen MR) is 108 cm³/mol. The first-order valence-corrected chi connectivity index (χ1v) is 9.01. The molecule has 0 aromatic carbocycles. The molecule has 0 bridgehead atoms. The molecule has 3 rings (SSSR count). The fourth-order valence-electron chi connectivity index (χ4n) is 2.98. The van der Waals surface area contributed by atoms with E-state index in [0.717, 1.165) is 6.21 Å². The van der Waals surface area contributed by atoms with Crippen molar-refractivity contribution < 1.29 is 23.4 Å². The van der Waals surface area contributed by atoms with Crippen LogP contribution in [0.5, 0.6) is 11.8 Å². The van der Waals surface area contributed by atoms with Crippen LogP contribution < -0.4 is 14.8 Å². The Morgan fingerprint density at radius 1 is 1.27 bits per heavy atom. The van der Waals surface area contributed by atoms with Crippen LogP contribution in [0.15, 0.2) is 24.7 Å². The molecule has 3 aromatic heterocycles. The Labute approximate surface area is 171 Å². The molecular formula is C20H21F2N5O3. The maximum Gasteiger partial charge on any atom is 0.253 e. The molecule has 0 saturated heterocycles. The number of hydrogen-bond acceptors (Lipinski definition) is 7. The zero-order valence-corrected chi connectivity index (χ0v) is 16.4. The summed E-state index contributed by atoms with van der Waals surface area (Å²) in [6.45, 7) is 0.295. The van der Waals surface area contributed by atoms with Crippen LogP contribution in [0.2, 0.25) is 0 Å². The Morgan fingerprint density at radius 2 is 1.97 bits per heavy atom. The van der Waals surface area contributed by atoms with Gasteiger partial charge in [-0.25, -0.2) is 13.8 Å². The molecular weight excluding hydrogens is 396 g/mol. The molecule has 0 saturated carbocycles. The lowest BCUT2D eigenvalue weighted by Crippen LogP contribution is -2.11. The highest BCUT2D eigenvalue weighted by Gasteiger charge is 2.23. The maximum absolute atomic E-state index is 14.7. The smallest absolute Gasteiger partial charge is 0.253 e. The van der Waals surface area contributed by atoms with Crippen LogP contribution in [0.3, 0.4) is 0 Å². The number of hydrogen-bond donors (Lipinski definition) is 4. The molecule has 0 atom stereocenters. The molecule has 30 heavy (non-hydrogen) atoms. The number of methoxy groups -OCH3 is 2. The van der Waals surface area contributed by atoms with Crippen molar-refractivity contribution in [1.29, 1.82) is 5.41 Å². The van der Waals surface area contributed by atoms with Gasteiger partial charge in [-0.1, -0.05) is 0 Å². The number of aromatic amines is 1. The van der Waals surface area contributed by atoms with E-state index < -0.39 is 11.6 Å². The van der Waals surface area contributed by atoms with Crippen molar-refractivity contribution in [2.24, 2.45) is 0 Å². The zero-order chi connectivity index (χ0) is 21.7. The molecule has 0 amide bonds. The van der Waals surface area contributed by atoms with Gasteiger partial charge >= 0.3 is 0 Å². The topological polar surface area (TPSA) is 116 Å². The minimum atomic E-state index is -0.900. The van der Waals surface area contributed by atoms with Gasteiger partial charge in [0.25, 0.3) is 11.8 Å². The minimum absolute atomic E-state index is 0.0446. The van der Waals surface area contributed by atoms with Gasteiger partial charge in [0, 0.05) is 59.9 Å². The summed E-state index contributed by atoms with van der Waals surface area (Å²) >= 11 is 0. The van der Waals surface area contributed by atoms with Crippen LogP contribution in [0.4, 0.5) is 8.78 Å². The van der Waals surface area contributed by atoms with Gasteiger partial charge in [0.05, 0.1) is 20.8 Å². The molecule has 3 heterocycles. The van der Waals surface area contributed by atoms with Gasteiger partial charge in [0.15, 0.2) is 11.6 Å². The first kappa shape index (κ1) is 21.2. The molecule has 3 aromatic rings. The lowest BCUT2D eigenvalue weighted by atomic mass is 10.0. The number of pyridine rings is 2. The summed E-state index contributed by atoms with van der Waals surface area (Å²) in [6.07, 6.45) is 5.86. The normalized spacial score (nSPS) is 11.6. The van der Waals surface area contributed by atoms with Crippen molar-refractivity contribution in [2.75, 3.05) is 27.4 Å². The SMILES string of the molecule is COc1nc(OC)c(F)c(Cc2c[nH]c3ncc(/C(C=N)=C/NCCO)cc23)c1F. The molecule has 0 aliphatic heterocycles. The van der Waals surface area contributed by atoms with E-state index in [0.29, 0.717) is 34.3 Å². The van der Waals surface area contributed by atoms with E-state index in [-0.39, 0.29) is 30.4 Å². The third-order valence-corrected chi connectivity index (χ3v) is 4.48. The van der Waals surface area contributed by atoms with Crippen LogP contribution in [-0.2, 0) is 6.42 Å². The van der Waals surface area contributed by atoms with Crippen LogP contribution in [0.1, 0.15) is 16.7 Å². The number of aromatic nitrogens is 3. The molecule has 0 fully saturated rings. The van der Waals surface area contributed by atoms with Gasteiger partial charge in [-0.15, -0.1) is 0 Å². The second kappa shape index (κ2) is 9.31. The Bertz CT molecular complexity index is 1070. The number of halogens is 2. The second-order valence-electron chi connectivity index (χ2n) is 6.27. The second-order valence-corrected chi connectivity index (χ2v) is 6.27. The van der Waals surface area contributed by atoms with Crippen LogP contribution >= 0.6 is 0 Å². The number of ether oxygens (including phenoxy) is 2. The monoisotopic (exact) mass is 417 g/mol. The summed E-state index contributed by atoms with van der Waals surface area (Å²) in [7, 11) is 2.48. The molecule has 8 nitrogen and oxygen atoms in total. The van der Waals surface area contributed by atoms with E-state index in [4.69, 9.17) is 20.0 Å². The summed E-state index contributed by atoms with van der Waals surface area (Å²) in [4.78, 5) is 11.0. The third kappa shape index (κ3) is 4.08. The van der Waals surface area contributed by atoms with E-state index in [1.165, 1.54) is 14.2 Å². The number of aliphatic hydroxyl groups excluding tert-OH is 1. The molecule has 10 heteroatoms. The molecule has 0 unspecified atom stereocenters. The lowest BCUT2D eigenvalue weighted by molar-refractivity contribution is 0.298. The number of aliphatic hydroxyl groups is 1. The maximum atomic E-state index is 14.7. The van der Waals surface area contributed by atoms with Crippen LogP contribution in [-0.4, -0.2) is 53.6 Å². The number of rotatable bonds is 9. The van der Waals surface area contributed by atoms with E-state index in [9.17, 15) is 8.78 Å². The minimum Gasteiger partial charge on any atom is -0.479 e. The molecule has 0 radical (unpaired) electrons. The standard InChI is InChI=1S/C20H21F2N5O3/c1-29-19-16(21)15(17(22)20(27-19)30-2)6-12-10-26-18-14(12)5-11(9-25-18)13(7-23)8-24-3-4-28/h5,7-10,23-24,28H,3-4,6H2,1-2H3,(H,25,26)/b13-8+,23-7?. The molecule has 0 spiro atoms. The summed E-state index contributed by atoms with van der Waals surface area (Å²) < 4.78 is 39.2. The first-order valence-electron chi connectivity index (χ1n) is 9.01. The summed E-state index contributed by atoms with van der Waals surface area (Å²) in [5.74, 6) is -2.51. The van der Waals surface area contributed by atoms with E-state index in [2.05, 4.69) is 20.3 Å². The summed E-state index contributed by atoms with van der Waals surface area (Å²) in [5, 5.41) is 20.0. The van der Waals surface area contributed by atoms with E-state index in [1.54, 1.807) is 24.7 Å². The lowest BCUT2D eigenvalue weighted by Gasteiger charge is -2.11. The van der Waals surface area contributed by atoms with Crippen LogP contribution in [0, 0.1) is 17.0 Å². The average molecular weight is 417 g/mol. The molecule has 0 aliphatic rings. The van der Waals surface area contributed by atoms with E-state index >= 15 is 0 Å². The van der Waals surface area contributed by atoms with Crippen molar-refractivity contribution >= 4 is 22.8 Å². The van der Waals surface area contributed by atoms with Gasteiger partial charge in [-0.3, -0.25) is 0 Å². The summed E-state index contributed by atoms with van der Waals surface area (Å²) in [5.41, 5.74) is 2.07. The molecule has 158 valence electrons. The predicted octanol–water partition coefficient (Wildman–Crippen LogP) is 2.42. The molecule has 4 N–H and O–H groups in total. The van der Waals surface area contributed by atoms with Gasteiger partial charge < -0.3 is 30.3 Å². The highest BCUT2D eigenvalue weighted by molar-refractivity contribution is 6.09. The largest absolute Gasteiger partial charge is 0.479 e.